The molecule has 1 heterocycles. The Morgan fingerprint density at radius 1 is 0.867 bits per heavy atom. The largest absolute Gasteiger partial charge is 0.280 e. The smallest absolute Gasteiger partial charge is 0.261 e. The Kier molecular flexibility index (Phi) is 6.06. The van der Waals surface area contributed by atoms with Gasteiger partial charge in [-0.25, -0.2) is 8.42 Å². The molecule has 6 heteroatoms. The number of aryl methyl sites for hydroxylation is 1. The van der Waals surface area contributed by atoms with Crippen molar-refractivity contribution in [3.8, 4) is 0 Å². The van der Waals surface area contributed by atoms with E-state index in [0.717, 1.165) is 39.2 Å². The van der Waals surface area contributed by atoms with Crippen LogP contribution in [0.2, 0.25) is 0 Å². The summed E-state index contributed by atoms with van der Waals surface area (Å²) in [5.41, 5.74) is 3.66. The molecule has 0 aliphatic heterocycles. The highest BCUT2D eigenvalue weighted by Crippen LogP contribution is 2.25. The van der Waals surface area contributed by atoms with Crippen LogP contribution in [0.4, 0.5) is 5.69 Å². The minimum absolute atomic E-state index is 0.264. The van der Waals surface area contributed by atoms with Gasteiger partial charge in [-0.1, -0.05) is 43.3 Å². The fourth-order valence-corrected chi connectivity index (χ4v) is 4.95. The van der Waals surface area contributed by atoms with E-state index in [9.17, 15) is 8.42 Å². The maximum atomic E-state index is 12.6. The highest BCUT2D eigenvalue weighted by atomic mass is 32.2. The number of benzene rings is 3. The summed E-state index contributed by atoms with van der Waals surface area (Å²) in [6.45, 7) is 2.04. The van der Waals surface area contributed by atoms with Crippen molar-refractivity contribution in [2.75, 3.05) is 4.72 Å². The van der Waals surface area contributed by atoms with E-state index < -0.39 is 10.0 Å². The molecule has 0 saturated carbocycles. The van der Waals surface area contributed by atoms with Crippen LogP contribution in [-0.4, -0.2) is 13.4 Å². The standard InChI is InChI=1S/C24H22N2O2S2/c1-2-18-7-15-23(16-8-18)30(27,28)26-20-11-13-22(14-12-20)29-17-21-10-9-19-5-3-4-6-24(19)25-21/h3-16,26H,2,17H2,1H3. The molecule has 1 aromatic heterocycles. The van der Waals surface area contributed by atoms with E-state index in [2.05, 4.69) is 21.8 Å². The van der Waals surface area contributed by atoms with Crippen LogP contribution in [0.25, 0.3) is 10.9 Å². The number of nitrogens with one attached hydrogen (secondary N) is 1. The van der Waals surface area contributed by atoms with Crippen molar-refractivity contribution in [2.24, 2.45) is 0 Å². The minimum atomic E-state index is -3.59. The number of anilines is 1. The van der Waals surface area contributed by atoms with Crippen molar-refractivity contribution in [1.29, 1.82) is 0 Å². The maximum Gasteiger partial charge on any atom is 0.261 e. The van der Waals surface area contributed by atoms with Crippen LogP contribution in [0.1, 0.15) is 18.2 Å². The minimum Gasteiger partial charge on any atom is -0.280 e. The lowest BCUT2D eigenvalue weighted by Crippen LogP contribution is -2.12. The lowest BCUT2D eigenvalue weighted by Gasteiger charge is -2.09. The molecule has 1 N–H and O–H groups in total. The number of thioether (sulfide) groups is 1. The van der Waals surface area contributed by atoms with Crippen LogP contribution in [0, 0.1) is 0 Å². The monoisotopic (exact) mass is 434 g/mol. The molecule has 0 saturated heterocycles. The number of rotatable bonds is 7. The van der Waals surface area contributed by atoms with Gasteiger partial charge in [0.1, 0.15) is 0 Å². The van der Waals surface area contributed by atoms with Crippen molar-refractivity contribution in [2.45, 2.75) is 28.9 Å². The molecule has 4 aromatic rings. The number of aromatic nitrogens is 1. The lowest BCUT2D eigenvalue weighted by molar-refractivity contribution is 0.601. The van der Waals surface area contributed by atoms with Gasteiger partial charge in [0.15, 0.2) is 0 Å². The summed E-state index contributed by atoms with van der Waals surface area (Å²) < 4.78 is 27.8. The second kappa shape index (κ2) is 8.90. The fourth-order valence-electron chi connectivity index (χ4n) is 3.08. The lowest BCUT2D eigenvalue weighted by atomic mass is 10.2. The maximum absolute atomic E-state index is 12.6. The van der Waals surface area contributed by atoms with Gasteiger partial charge in [-0.05, 0) is 60.5 Å². The van der Waals surface area contributed by atoms with E-state index in [4.69, 9.17) is 0 Å². The molecule has 0 radical (unpaired) electrons. The molecular formula is C24H22N2O2S2. The zero-order valence-corrected chi connectivity index (χ0v) is 18.2. The Bertz CT molecular complexity index is 1250. The summed E-state index contributed by atoms with van der Waals surface area (Å²) >= 11 is 1.67. The topological polar surface area (TPSA) is 59.1 Å². The zero-order chi connectivity index (χ0) is 21.0. The molecule has 0 bridgehead atoms. The molecule has 4 rings (SSSR count). The van der Waals surface area contributed by atoms with Gasteiger partial charge in [0, 0.05) is 21.7 Å². The molecule has 0 aliphatic rings. The van der Waals surface area contributed by atoms with Gasteiger partial charge in [-0.3, -0.25) is 9.71 Å². The predicted octanol–water partition coefficient (Wildman–Crippen LogP) is 5.89. The first-order valence-corrected chi connectivity index (χ1v) is 12.2. The van der Waals surface area contributed by atoms with Crippen molar-refractivity contribution < 1.29 is 8.42 Å². The molecular weight excluding hydrogens is 412 g/mol. The molecule has 0 fully saturated rings. The zero-order valence-electron chi connectivity index (χ0n) is 16.6. The Hall–Kier alpha value is -2.83. The van der Waals surface area contributed by atoms with E-state index in [1.807, 2.05) is 55.5 Å². The third-order valence-corrected chi connectivity index (χ3v) is 7.23. The van der Waals surface area contributed by atoms with Crippen molar-refractivity contribution in [3.63, 3.8) is 0 Å². The molecule has 0 unspecified atom stereocenters. The Morgan fingerprint density at radius 2 is 1.60 bits per heavy atom. The predicted molar refractivity (Wildman–Crippen MR) is 124 cm³/mol. The molecule has 0 amide bonds. The van der Waals surface area contributed by atoms with Crippen molar-refractivity contribution in [3.05, 3.63) is 96.2 Å². The Morgan fingerprint density at radius 3 is 2.33 bits per heavy atom. The van der Waals surface area contributed by atoms with Crippen LogP contribution in [0.5, 0.6) is 0 Å². The number of sulfonamides is 1. The first kappa shape index (κ1) is 20.4. The van der Waals surface area contributed by atoms with Crippen LogP contribution in [0.3, 0.4) is 0 Å². The van der Waals surface area contributed by atoms with E-state index in [0.29, 0.717) is 5.69 Å². The van der Waals surface area contributed by atoms with E-state index in [1.54, 1.807) is 36.0 Å². The van der Waals surface area contributed by atoms with Crippen LogP contribution >= 0.6 is 11.8 Å². The number of nitrogens with zero attached hydrogens (tertiary/aromatic N) is 1. The molecule has 4 nitrogen and oxygen atoms in total. The van der Waals surface area contributed by atoms with E-state index in [1.165, 1.54) is 0 Å². The molecule has 0 spiro atoms. The number of pyridine rings is 1. The second-order valence-corrected chi connectivity index (χ2v) is 9.64. The summed E-state index contributed by atoms with van der Waals surface area (Å²) in [4.78, 5) is 6.01. The summed E-state index contributed by atoms with van der Waals surface area (Å²) in [7, 11) is -3.59. The van der Waals surface area contributed by atoms with Crippen LogP contribution in [0.15, 0.2) is 94.7 Å². The van der Waals surface area contributed by atoms with Crippen LogP contribution < -0.4 is 4.72 Å². The second-order valence-electron chi connectivity index (χ2n) is 6.91. The third kappa shape index (κ3) is 4.83. The van der Waals surface area contributed by atoms with Gasteiger partial charge in [-0.15, -0.1) is 11.8 Å². The van der Waals surface area contributed by atoms with E-state index in [-0.39, 0.29) is 4.90 Å². The van der Waals surface area contributed by atoms with E-state index >= 15 is 0 Å². The summed E-state index contributed by atoms with van der Waals surface area (Å²) in [6.07, 6.45) is 0.877. The normalized spacial score (nSPS) is 11.5. The number of hydrogen-bond acceptors (Lipinski definition) is 4. The highest BCUT2D eigenvalue weighted by molar-refractivity contribution is 7.98. The highest BCUT2D eigenvalue weighted by Gasteiger charge is 2.14. The molecule has 3 aromatic carbocycles. The first-order chi connectivity index (χ1) is 14.5. The molecule has 30 heavy (non-hydrogen) atoms. The van der Waals surface area contributed by atoms with Gasteiger partial charge in [0.25, 0.3) is 10.0 Å². The Labute approximate surface area is 181 Å². The Balaban J connectivity index is 1.40. The quantitative estimate of drug-likeness (QED) is 0.369. The summed E-state index contributed by atoms with van der Waals surface area (Å²) in [6, 6.07) is 26.6. The summed E-state index contributed by atoms with van der Waals surface area (Å²) in [5.74, 6) is 0.750. The van der Waals surface area contributed by atoms with Gasteiger partial charge in [-0.2, -0.15) is 0 Å². The van der Waals surface area contributed by atoms with Gasteiger partial charge in [0.05, 0.1) is 16.1 Å². The average molecular weight is 435 g/mol. The fraction of sp³-hybridized carbons (Fsp3) is 0.125. The SMILES string of the molecule is CCc1ccc(S(=O)(=O)Nc2ccc(SCc3ccc4ccccc4n3)cc2)cc1. The van der Waals surface area contributed by atoms with Crippen LogP contribution in [-0.2, 0) is 22.2 Å². The molecule has 152 valence electrons. The summed E-state index contributed by atoms with van der Waals surface area (Å²) in [5, 5.41) is 1.13. The van der Waals surface area contributed by atoms with Gasteiger partial charge < -0.3 is 0 Å². The van der Waals surface area contributed by atoms with Gasteiger partial charge >= 0.3 is 0 Å². The number of fused-ring (bicyclic) bond motifs is 1. The van der Waals surface area contributed by atoms with Crippen molar-refractivity contribution in [1.82, 2.24) is 4.98 Å². The molecule has 0 atom stereocenters. The number of hydrogen-bond donors (Lipinski definition) is 1. The number of para-hydroxylation sites is 1. The average Bonchev–Trinajstić information content (AvgIpc) is 2.78. The van der Waals surface area contributed by atoms with Gasteiger partial charge in [0.2, 0.25) is 0 Å². The molecule has 0 aliphatic carbocycles. The van der Waals surface area contributed by atoms with Crippen molar-refractivity contribution >= 4 is 38.4 Å². The third-order valence-electron chi connectivity index (χ3n) is 4.79. The first-order valence-electron chi connectivity index (χ1n) is 9.73.